The van der Waals surface area contributed by atoms with E-state index in [4.69, 9.17) is 13.9 Å². The molecule has 0 fully saturated rings. The maximum absolute atomic E-state index is 13.0. The number of furan rings is 1. The SMILES string of the molecule is CCCCc1ccc2cc(C=C(C)C(=O)c3c(O)cc(C(C)CC/C=C/NC(=O)O)oc3=O)oc2c1. The highest BCUT2D eigenvalue weighted by Gasteiger charge is 2.22. The lowest BCUT2D eigenvalue weighted by atomic mass is 9.99. The normalized spacial score (nSPS) is 12.8. The molecule has 1 aromatic carbocycles. The summed E-state index contributed by atoms with van der Waals surface area (Å²) in [5.74, 6) is -0.613. The highest BCUT2D eigenvalue weighted by Crippen LogP contribution is 2.27. The van der Waals surface area contributed by atoms with Crippen LogP contribution in [0, 0.1) is 0 Å². The molecule has 36 heavy (non-hydrogen) atoms. The molecule has 190 valence electrons. The molecule has 0 aliphatic rings. The zero-order valence-corrected chi connectivity index (χ0v) is 20.7. The summed E-state index contributed by atoms with van der Waals surface area (Å²) in [6.45, 7) is 5.50. The van der Waals surface area contributed by atoms with Gasteiger partial charge in [0.25, 0.3) is 0 Å². The molecular formula is C28H31NO7. The van der Waals surface area contributed by atoms with Gasteiger partial charge in [-0.25, -0.2) is 9.59 Å². The molecule has 8 nitrogen and oxygen atoms in total. The first-order valence-corrected chi connectivity index (χ1v) is 12.0. The van der Waals surface area contributed by atoms with E-state index < -0.39 is 28.8 Å². The summed E-state index contributed by atoms with van der Waals surface area (Å²) in [5.41, 5.74) is 0.794. The molecule has 2 heterocycles. The van der Waals surface area contributed by atoms with Gasteiger partial charge < -0.3 is 19.0 Å². The molecule has 0 bridgehead atoms. The Labute approximate surface area is 208 Å². The van der Waals surface area contributed by atoms with Gasteiger partial charge in [0.1, 0.15) is 28.4 Å². The van der Waals surface area contributed by atoms with Gasteiger partial charge in [-0.05, 0) is 56.4 Å². The van der Waals surface area contributed by atoms with E-state index in [0.717, 1.165) is 30.2 Å². The summed E-state index contributed by atoms with van der Waals surface area (Å²) in [6.07, 6.45) is 7.57. The standard InChI is InChI=1S/C28H31NO7/c1-4-5-9-19-10-11-20-15-21(35-24(20)14-19)13-18(3)26(31)25-22(30)16-23(36-27(25)32)17(2)8-6-7-12-29-28(33)34/h7,10-17,29-30H,4-6,8-9H2,1-3H3,(H,33,34)/b12-7+,18-13?. The van der Waals surface area contributed by atoms with E-state index in [-0.39, 0.29) is 17.3 Å². The Morgan fingerprint density at radius 2 is 1.94 bits per heavy atom. The van der Waals surface area contributed by atoms with E-state index in [9.17, 15) is 19.5 Å². The monoisotopic (exact) mass is 493 g/mol. The lowest BCUT2D eigenvalue weighted by Crippen LogP contribution is -2.16. The van der Waals surface area contributed by atoms with Crippen molar-refractivity contribution in [1.82, 2.24) is 5.32 Å². The first-order chi connectivity index (χ1) is 17.2. The molecule has 0 radical (unpaired) electrons. The summed E-state index contributed by atoms with van der Waals surface area (Å²) in [6, 6.07) is 9.15. The van der Waals surface area contributed by atoms with Crippen LogP contribution in [0.4, 0.5) is 4.79 Å². The quantitative estimate of drug-likeness (QED) is 0.208. The summed E-state index contributed by atoms with van der Waals surface area (Å²) >= 11 is 0. The second-order valence-electron chi connectivity index (χ2n) is 8.81. The number of hydrogen-bond acceptors (Lipinski definition) is 6. The zero-order chi connectivity index (χ0) is 26.2. The van der Waals surface area contributed by atoms with Crippen molar-refractivity contribution in [2.45, 2.75) is 58.8 Å². The molecule has 1 unspecified atom stereocenters. The van der Waals surface area contributed by atoms with Crippen LogP contribution in [0.2, 0.25) is 0 Å². The Hall–Kier alpha value is -4.07. The average Bonchev–Trinajstić information content (AvgIpc) is 3.22. The number of hydrogen-bond donors (Lipinski definition) is 3. The first-order valence-electron chi connectivity index (χ1n) is 12.0. The van der Waals surface area contributed by atoms with Crippen molar-refractivity contribution in [2.75, 3.05) is 0 Å². The molecule has 3 rings (SSSR count). The van der Waals surface area contributed by atoms with Crippen LogP contribution < -0.4 is 10.9 Å². The van der Waals surface area contributed by atoms with E-state index in [2.05, 4.69) is 18.3 Å². The third-order valence-corrected chi connectivity index (χ3v) is 5.89. The van der Waals surface area contributed by atoms with Crippen LogP contribution in [0.5, 0.6) is 5.75 Å². The van der Waals surface area contributed by atoms with Crippen molar-refractivity contribution in [1.29, 1.82) is 0 Å². The Bertz CT molecular complexity index is 1360. The fraction of sp³-hybridized carbons (Fsp3) is 0.321. The van der Waals surface area contributed by atoms with Crippen molar-refractivity contribution < 1.29 is 28.6 Å². The number of Topliss-reactive ketones (excluding diaryl/α,β-unsaturated/α-hetero) is 1. The number of aryl methyl sites for hydroxylation is 1. The minimum atomic E-state index is -1.16. The second-order valence-corrected chi connectivity index (χ2v) is 8.81. The molecule has 2 aromatic heterocycles. The topological polar surface area (TPSA) is 130 Å². The van der Waals surface area contributed by atoms with Gasteiger partial charge in [-0.2, -0.15) is 0 Å². The maximum Gasteiger partial charge on any atom is 0.408 e. The van der Waals surface area contributed by atoms with Crippen LogP contribution in [0.25, 0.3) is 17.0 Å². The zero-order valence-electron chi connectivity index (χ0n) is 20.7. The molecule has 0 aliphatic heterocycles. The lowest BCUT2D eigenvalue weighted by molar-refractivity contribution is 0.102. The number of unbranched alkanes of at least 4 members (excludes halogenated alkanes) is 1. The average molecular weight is 494 g/mol. The third kappa shape index (κ3) is 6.75. The van der Waals surface area contributed by atoms with Gasteiger partial charge in [-0.1, -0.05) is 38.5 Å². The first kappa shape index (κ1) is 26.5. The number of amides is 1. The Morgan fingerprint density at radius 1 is 1.17 bits per heavy atom. The number of carbonyl (C=O) groups excluding carboxylic acids is 1. The van der Waals surface area contributed by atoms with Crippen LogP contribution >= 0.6 is 0 Å². The minimum Gasteiger partial charge on any atom is -0.507 e. The minimum absolute atomic E-state index is 0.222. The number of ketones is 1. The van der Waals surface area contributed by atoms with Crippen LogP contribution in [0.15, 0.2) is 61.8 Å². The molecule has 1 atom stereocenters. The summed E-state index contributed by atoms with van der Waals surface area (Å²) < 4.78 is 11.2. The molecule has 3 N–H and O–H groups in total. The van der Waals surface area contributed by atoms with Crippen LogP contribution in [-0.4, -0.2) is 22.1 Å². The maximum atomic E-state index is 13.0. The fourth-order valence-electron chi connectivity index (χ4n) is 3.83. The Balaban J connectivity index is 1.75. The van der Waals surface area contributed by atoms with E-state index in [1.165, 1.54) is 17.8 Å². The number of carbonyl (C=O) groups is 2. The number of nitrogens with one attached hydrogen (secondary N) is 1. The Kier molecular flexibility index (Phi) is 8.89. The van der Waals surface area contributed by atoms with Crippen LogP contribution in [0.1, 0.15) is 79.8 Å². The molecule has 0 spiro atoms. The molecule has 8 heteroatoms. The molecule has 0 saturated carbocycles. The number of fused-ring (bicyclic) bond motifs is 1. The highest BCUT2D eigenvalue weighted by molar-refractivity contribution is 6.12. The number of allylic oxidation sites excluding steroid dienone is 2. The molecule has 0 saturated heterocycles. The van der Waals surface area contributed by atoms with E-state index in [0.29, 0.717) is 18.6 Å². The van der Waals surface area contributed by atoms with Crippen LogP contribution in [0.3, 0.4) is 0 Å². The summed E-state index contributed by atoms with van der Waals surface area (Å²) in [4.78, 5) is 36.0. The lowest BCUT2D eigenvalue weighted by Gasteiger charge is -2.11. The number of rotatable bonds is 11. The largest absolute Gasteiger partial charge is 0.507 e. The number of carboxylic acid groups (broad SMARTS) is 1. The van der Waals surface area contributed by atoms with Crippen LogP contribution in [-0.2, 0) is 6.42 Å². The second kappa shape index (κ2) is 12.1. The molecule has 3 aromatic rings. The van der Waals surface area contributed by atoms with Gasteiger partial charge in [0.05, 0.1) is 0 Å². The van der Waals surface area contributed by atoms with Crippen molar-refractivity contribution in [3.63, 3.8) is 0 Å². The van der Waals surface area contributed by atoms with Crippen molar-refractivity contribution in [3.05, 3.63) is 81.2 Å². The smallest absolute Gasteiger partial charge is 0.408 e. The van der Waals surface area contributed by atoms with Crippen molar-refractivity contribution in [2.24, 2.45) is 0 Å². The Morgan fingerprint density at radius 3 is 2.64 bits per heavy atom. The number of aromatic hydroxyl groups is 1. The van der Waals surface area contributed by atoms with E-state index in [1.54, 1.807) is 26.0 Å². The predicted octanol–water partition coefficient (Wildman–Crippen LogP) is 6.39. The van der Waals surface area contributed by atoms with Gasteiger partial charge in [0.15, 0.2) is 5.78 Å². The van der Waals surface area contributed by atoms with Crippen molar-refractivity contribution >= 4 is 28.9 Å². The van der Waals surface area contributed by atoms with Gasteiger partial charge in [0.2, 0.25) is 0 Å². The van der Waals surface area contributed by atoms with Gasteiger partial charge in [-0.3, -0.25) is 10.1 Å². The van der Waals surface area contributed by atoms with Gasteiger partial charge in [0, 0.05) is 29.1 Å². The van der Waals surface area contributed by atoms with E-state index >= 15 is 0 Å². The van der Waals surface area contributed by atoms with Crippen molar-refractivity contribution in [3.8, 4) is 5.75 Å². The molecular weight excluding hydrogens is 462 g/mol. The third-order valence-electron chi connectivity index (χ3n) is 5.89. The highest BCUT2D eigenvalue weighted by atomic mass is 16.4. The predicted molar refractivity (Wildman–Crippen MR) is 137 cm³/mol. The van der Waals surface area contributed by atoms with Gasteiger partial charge >= 0.3 is 11.7 Å². The van der Waals surface area contributed by atoms with E-state index in [1.807, 2.05) is 18.2 Å². The molecule has 1 amide bonds. The number of benzene rings is 1. The summed E-state index contributed by atoms with van der Waals surface area (Å²) in [5, 5.41) is 22.0. The fourth-order valence-corrected chi connectivity index (χ4v) is 3.83. The summed E-state index contributed by atoms with van der Waals surface area (Å²) in [7, 11) is 0. The van der Waals surface area contributed by atoms with Gasteiger partial charge in [-0.15, -0.1) is 0 Å². The molecule has 0 aliphatic carbocycles.